The molecule has 2 bridgehead atoms. The number of hydrogen-bond acceptors (Lipinski definition) is 3. The predicted molar refractivity (Wildman–Crippen MR) is 109 cm³/mol. The number of rotatable bonds is 3. The molecular weight excluding hydrogens is 352 g/mol. The van der Waals surface area contributed by atoms with Crippen LogP contribution in [-0.4, -0.2) is 21.3 Å². The van der Waals surface area contributed by atoms with Crippen LogP contribution >= 0.6 is 0 Å². The van der Waals surface area contributed by atoms with Gasteiger partial charge in [0.15, 0.2) is 11.5 Å². The molecule has 5 atom stereocenters. The molecule has 0 amide bonds. The van der Waals surface area contributed by atoms with E-state index in [2.05, 4.69) is 27.7 Å². The molecule has 3 aliphatic carbocycles. The van der Waals surface area contributed by atoms with E-state index in [1.807, 2.05) is 0 Å². The Morgan fingerprint density at radius 1 is 1.07 bits per heavy atom. The molecule has 0 unspecified atom stereocenters. The maximum Gasteiger partial charge on any atom is 0.332 e. The molecule has 4 nitrogen and oxygen atoms in total. The van der Waals surface area contributed by atoms with Crippen LogP contribution in [0.4, 0.5) is 0 Å². The van der Waals surface area contributed by atoms with Crippen LogP contribution in [0.2, 0.25) is 0 Å². The van der Waals surface area contributed by atoms with E-state index in [9.17, 15) is 20.1 Å². The molecule has 0 heterocycles. The summed E-state index contributed by atoms with van der Waals surface area (Å²) in [5.41, 5.74) is 1.13. The fraction of sp³-hybridized carbons (Fsp3) is 0.625. The Morgan fingerprint density at radius 3 is 2.43 bits per heavy atom. The van der Waals surface area contributed by atoms with Crippen LogP contribution in [0.5, 0.6) is 11.5 Å². The first-order valence-electron chi connectivity index (χ1n) is 10.5. The smallest absolute Gasteiger partial charge is 0.332 e. The summed E-state index contributed by atoms with van der Waals surface area (Å²) >= 11 is 0. The Kier molecular flexibility index (Phi) is 4.16. The first-order valence-corrected chi connectivity index (χ1v) is 10.5. The van der Waals surface area contributed by atoms with Gasteiger partial charge in [0.05, 0.1) is 0 Å². The molecule has 1 aromatic carbocycles. The maximum absolute atomic E-state index is 12.4. The van der Waals surface area contributed by atoms with Crippen molar-refractivity contribution in [2.24, 2.45) is 34.0 Å². The second-order valence-corrected chi connectivity index (χ2v) is 10.4. The van der Waals surface area contributed by atoms with Gasteiger partial charge in [-0.15, -0.1) is 0 Å². The minimum Gasteiger partial charge on any atom is -0.504 e. The number of aliphatic carboxylic acids is 1. The van der Waals surface area contributed by atoms with Gasteiger partial charge in [-0.05, 0) is 84.5 Å². The third-order valence-corrected chi connectivity index (χ3v) is 8.98. The summed E-state index contributed by atoms with van der Waals surface area (Å²) in [7, 11) is 0. The molecular formula is C24H32O4. The highest BCUT2D eigenvalue weighted by Crippen LogP contribution is 2.75. The molecule has 3 aliphatic rings. The van der Waals surface area contributed by atoms with Gasteiger partial charge in [0.2, 0.25) is 0 Å². The fourth-order valence-corrected chi connectivity index (χ4v) is 7.50. The Labute approximate surface area is 167 Å². The van der Waals surface area contributed by atoms with E-state index in [-0.39, 0.29) is 16.9 Å². The lowest BCUT2D eigenvalue weighted by atomic mass is 9.56. The van der Waals surface area contributed by atoms with Gasteiger partial charge in [-0.25, -0.2) is 4.79 Å². The summed E-state index contributed by atoms with van der Waals surface area (Å²) in [6.45, 7) is 9.25. The van der Waals surface area contributed by atoms with Gasteiger partial charge in [-0.2, -0.15) is 0 Å². The van der Waals surface area contributed by atoms with Crippen molar-refractivity contribution in [3.63, 3.8) is 0 Å². The van der Waals surface area contributed by atoms with Gasteiger partial charge in [0.25, 0.3) is 0 Å². The Morgan fingerprint density at radius 2 is 1.79 bits per heavy atom. The molecule has 3 saturated carbocycles. The minimum absolute atomic E-state index is 0.113. The highest BCUT2D eigenvalue weighted by Gasteiger charge is 2.68. The highest BCUT2D eigenvalue weighted by atomic mass is 16.4. The summed E-state index contributed by atoms with van der Waals surface area (Å²) < 4.78 is 0. The van der Waals surface area contributed by atoms with E-state index < -0.39 is 11.4 Å². The minimum atomic E-state index is -0.882. The Balaban J connectivity index is 1.79. The third-order valence-electron chi connectivity index (χ3n) is 8.98. The standard InChI is InChI=1S/C24H32O4/c1-14-5-8-19-22(2,3)20-13-24(14,19)10-9-23(20,4)16(21(27)28)11-15-6-7-17(25)18(26)12-15/h6-7,11-12,14,19-20,25-26H,5,8-10,13H2,1-4H3,(H,27,28)/b16-11+/t14-,19+,20-,23+,24+/m1/s1. The Bertz CT molecular complexity index is 854. The average Bonchev–Trinajstić information content (AvgIpc) is 3.04. The zero-order valence-electron chi connectivity index (χ0n) is 17.3. The van der Waals surface area contributed by atoms with Crippen molar-refractivity contribution in [3.8, 4) is 11.5 Å². The van der Waals surface area contributed by atoms with E-state index in [1.54, 1.807) is 12.1 Å². The largest absolute Gasteiger partial charge is 0.504 e. The van der Waals surface area contributed by atoms with Crippen molar-refractivity contribution in [1.82, 2.24) is 0 Å². The van der Waals surface area contributed by atoms with Crippen molar-refractivity contribution < 1.29 is 20.1 Å². The second kappa shape index (κ2) is 6.01. The molecule has 28 heavy (non-hydrogen) atoms. The van der Waals surface area contributed by atoms with Crippen LogP contribution in [-0.2, 0) is 4.79 Å². The van der Waals surface area contributed by atoms with Crippen molar-refractivity contribution in [1.29, 1.82) is 0 Å². The molecule has 1 aromatic rings. The number of carbonyl (C=O) groups is 1. The lowest BCUT2D eigenvalue weighted by molar-refractivity contribution is -0.135. The molecule has 4 heteroatoms. The number of hydrogen-bond donors (Lipinski definition) is 3. The summed E-state index contributed by atoms with van der Waals surface area (Å²) in [4.78, 5) is 12.4. The van der Waals surface area contributed by atoms with E-state index >= 15 is 0 Å². The molecule has 3 fully saturated rings. The van der Waals surface area contributed by atoms with Crippen molar-refractivity contribution >= 4 is 12.0 Å². The van der Waals surface area contributed by atoms with Crippen LogP contribution < -0.4 is 0 Å². The topological polar surface area (TPSA) is 77.8 Å². The number of carboxylic acids is 1. The van der Waals surface area contributed by atoms with Crippen molar-refractivity contribution in [3.05, 3.63) is 29.3 Å². The van der Waals surface area contributed by atoms with E-state index in [4.69, 9.17) is 0 Å². The average molecular weight is 385 g/mol. The molecule has 0 aliphatic heterocycles. The lowest BCUT2D eigenvalue weighted by Crippen LogP contribution is -2.42. The first-order chi connectivity index (χ1) is 13.0. The van der Waals surface area contributed by atoms with E-state index in [0.29, 0.717) is 28.4 Å². The molecule has 4 rings (SSSR count). The van der Waals surface area contributed by atoms with Gasteiger partial charge in [0, 0.05) is 11.0 Å². The summed E-state index contributed by atoms with van der Waals surface area (Å²) in [6.07, 6.45) is 7.37. The molecule has 0 aromatic heterocycles. The monoisotopic (exact) mass is 384 g/mol. The number of fused-ring (bicyclic) bond motifs is 1. The van der Waals surface area contributed by atoms with Gasteiger partial charge < -0.3 is 15.3 Å². The fourth-order valence-electron chi connectivity index (χ4n) is 7.50. The Hall–Kier alpha value is -1.97. The zero-order valence-corrected chi connectivity index (χ0v) is 17.3. The van der Waals surface area contributed by atoms with Crippen LogP contribution in [0.25, 0.3) is 6.08 Å². The number of benzene rings is 1. The van der Waals surface area contributed by atoms with Crippen LogP contribution in [0.3, 0.4) is 0 Å². The lowest BCUT2D eigenvalue weighted by Gasteiger charge is -2.48. The summed E-state index contributed by atoms with van der Waals surface area (Å²) in [6, 6.07) is 4.50. The predicted octanol–water partition coefficient (Wildman–Crippen LogP) is 5.44. The molecule has 0 saturated heterocycles. The van der Waals surface area contributed by atoms with E-state index in [1.165, 1.54) is 25.0 Å². The van der Waals surface area contributed by atoms with E-state index in [0.717, 1.165) is 25.2 Å². The van der Waals surface area contributed by atoms with Gasteiger partial charge >= 0.3 is 5.97 Å². The number of carboxylic acid groups (broad SMARTS) is 1. The molecule has 152 valence electrons. The molecule has 3 N–H and O–H groups in total. The first kappa shape index (κ1) is 19.4. The molecule has 1 spiro atoms. The summed E-state index contributed by atoms with van der Waals surface area (Å²) in [5, 5.41) is 29.5. The molecule has 0 radical (unpaired) electrons. The highest BCUT2D eigenvalue weighted by molar-refractivity contribution is 5.94. The van der Waals surface area contributed by atoms with Crippen molar-refractivity contribution in [2.75, 3.05) is 0 Å². The van der Waals surface area contributed by atoms with Crippen molar-refractivity contribution in [2.45, 2.75) is 59.8 Å². The van der Waals surface area contributed by atoms with Gasteiger partial charge in [0.1, 0.15) is 0 Å². The zero-order chi connectivity index (χ0) is 20.5. The quantitative estimate of drug-likeness (QED) is 0.479. The maximum atomic E-state index is 12.4. The summed E-state index contributed by atoms with van der Waals surface area (Å²) in [5.74, 6) is 0.420. The number of aromatic hydroxyl groups is 2. The number of phenolic OH excluding ortho intramolecular Hbond substituents is 2. The van der Waals surface area contributed by atoms with Crippen LogP contribution in [0.15, 0.2) is 23.8 Å². The SMILES string of the molecule is C[C@@H]1CC[C@H]2C(C)(C)[C@H]3C[C@@]12CC[C@@]3(C)/C(=C/c1ccc(O)c(O)c1)C(=O)O. The third kappa shape index (κ3) is 2.46. The second-order valence-electron chi connectivity index (χ2n) is 10.4. The van der Waals surface area contributed by atoms with Crippen LogP contribution in [0.1, 0.15) is 65.4 Å². The van der Waals surface area contributed by atoms with Crippen LogP contribution in [0, 0.1) is 34.0 Å². The van der Waals surface area contributed by atoms with Gasteiger partial charge in [-0.3, -0.25) is 0 Å². The number of phenols is 2. The van der Waals surface area contributed by atoms with Gasteiger partial charge in [-0.1, -0.05) is 33.8 Å². The normalized spacial score (nSPS) is 39.0.